The number of hydrogen-bond donors (Lipinski definition) is 1. The molecule has 1 unspecified atom stereocenters. The van der Waals surface area contributed by atoms with Crippen LogP contribution in [0.1, 0.15) is 57.2 Å². The van der Waals surface area contributed by atoms with Gasteiger partial charge in [0.05, 0.1) is 22.9 Å². The number of rotatable bonds is 10. The maximum Gasteiger partial charge on any atom is 0.0694 e. The summed E-state index contributed by atoms with van der Waals surface area (Å²) in [7, 11) is 4.15. The van der Waals surface area contributed by atoms with Crippen LogP contribution >= 0.6 is 15.9 Å². The Bertz CT molecular complexity index is 376. The molecule has 0 spiro atoms. The number of nitrogens with two attached hydrogens (primary N) is 1. The molecular formula is C15H29BrN4. The van der Waals surface area contributed by atoms with E-state index in [-0.39, 0.29) is 6.04 Å². The Balaban J connectivity index is 2.49. The van der Waals surface area contributed by atoms with E-state index >= 15 is 0 Å². The normalized spacial score (nSPS) is 13.1. The van der Waals surface area contributed by atoms with E-state index in [4.69, 9.17) is 5.73 Å². The van der Waals surface area contributed by atoms with Crippen molar-refractivity contribution in [1.82, 2.24) is 14.7 Å². The Morgan fingerprint density at radius 1 is 1.30 bits per heavy atom. The molecule has 0 bridgehead atoms. The summed E-state index contributed by atoms with van der Waals surface area (Å²) in [6, 6.07) is 0.0793. The van der Waals surface area contributed by atoms with Crippen molar-refractivity contribution < 1.29 is 0 Å². The van der Waals surface area contributed by atoms with Gasteiger partial charge in [-0.3, -0.25) is 4.68 Å². The van der Waals surface area contributed by atoms with Gasteiger partial charge in [-0.05, 0) is 36.4 Å². The number of nitrogens with zero attached hydrogens (tertiary/aromatic N) is 3. The molecule has 0 aromatic carbocycles. The van der Waals surface area contributed by atoms with Crippen LogP contribution in [-0.4, -0.2) is 35.3 Å². The Morgan fingerprint density at radius 3 is 2.65 bits per heavy atom. The van der Waals surface area contributed by atoms with Gasteiger partial charge in [-0.25, -0.2) is 0 Å². The van der Waals surface area contributed by atoms with E-state index in [1.165, 1.54) is 32.1 Å². The molecule has 0 amide bonds. The molecule has 0 aliphatic rings. The fourth-order valence-electron chi connectivity index (χ4n) is 2.32. The molecule has 1 aromatic rings. The fourth-order valence-corrected chi connectivity index (χ4v) is 2.91. The number of likely N-dealkylation sites (N-methyl/N-ethyl adjacent to an activating group) is 1. The fraction of sp³-hybridized carbons (Fsp3) is 0.800. The van der Waals surface area contributed by atoms with E-state index in [1.54, 1.807) is 0 Å². The summed E-state index contributed by atoms with van der Waals surface area (Å²) in [5.41, 5.74) is 7.50. The van der Waals surface area contributed by atoms with Crippen LogP contribution in [0.3, 0.4) is 0 Å². The lowest BCUT2D eigenvalue weighted by Crippen LogP contribution is -2.23. The predicted molar refractivity (Wildman–Crippen MR) is 88.8 cm³/mol. The molecule has 0 radical (unpaired) electrons. The lowest BCUT2D eigenvalue weighted by Gasteiger charge is -2.17. The second-order valence-electron chi connectivity index (χ2n) is 5.71. The van der Waals surface area contributed by atoms with Gasteiger partial charge < -0.3 is 10.6 Å². The van der Waals surface area contributed by atoms with Crippen LogP contribution in [0.5, 0.6) is 0 Å². The third-order valence-electron chi connectivity index (χ3n) is 3.56. The summed E-state index contributed by atoms with van der Waals surface area (Å²) in [4.78, 5) is 2.16. The van der Waals surface area contributed by atoms with E-state index in [1.807, 2.05) is 10.9 Å². The first-order chi connectivity index (χ1) is 9.56. The van der Waals surface area contributed by atoms with Crippen molar-refractivity contribution in [1.29, 1.82) is 0 Å². The van der Waals surface area contributed by atoms with Gasteiger partial charge in [-0.15, -0.1) is 0 Å². The van der Waals surface area contributed by atoms with Crippen LogP contribution < -0.4 is 5.73 Å². The van der Waals surface area contributed by atoms with Crippen molar-refractivity contribution in [2.45, 2.75) is 58.0 Å². The van der Waals surface area contributed by atoms with Gasteiger partial charge in [0.25, 0.3) is 0 Å². The van der Waals surface area contributed by atoms with Crippen LogP contribution in [0, 0.1) is 0 Å². The van der Waals surface area contributed by atoms with Gasteiger partial charge in [-0.2, -0.15) is 5.10 Å². The third-order valence-corrected chi connectivity index (χ3v) is 4.17. The first-order valence-electron chi connectivity index (χ1n) is 7.67. The number of hydrogen-bond acceptors (Lipinski definition) is 3. The smallest absolute Gasteiger partial charge is 0.0694 e. The highest BCUT2D eigenvalue weighted by atomic mass is 79.9. The summed E-state index contributed by atoms with van der Waals surface area (Å²) in [6.07, 6.45) is 9.33. The van der Waals surface area contributed by atoms with Crippen LogP contribution in [0.15, 0.2) is 10.7 Å². The largest absolute Gasteiger partial charge is 0.323 e. The molecule has 1 rings (SSSR count). The Labute approximate surface area is 131 Å². The summed E-state index contributed by atoms with van der Waals surface area (Å²) >= 11 is 3.58. The van der Waals surface area contributed by atoms with Gasteiger partial charge in [0.15, 0.2) is 0 Å². The molecule has 116 valence electrons. The number of aromatic nitrogens is 2. The molecule has 1 heterocycles. The minimum Gasteiger partial charge on any atom is -0.323 e. The molecule has 5 heteroatoms. The van der Waals surface area contributed by atoms with Crippen LogP contribution in [0.2, 0.25) is 0 Å². The van der Waals surface area contributed by atoms with E-state index in [0.29, 0.717) is 0 Å². The Kier molecular flexibility index (Phi) is 8.41. The predicted octanol–water partition coefficient (Wildman–Crippen LogP) is 3.57. The summed E-state index contributed by atoms with van der Waals surface area (Å²) in [6.45, 7) is 4.11. The average molecular weight is 345 g/mol. The van der Waals surface area contributed by atoms with Crippen molar-refractivity contribution in [3.05, 3.63) is 16.4 Å². The zero-order chi connectivity index (χ0) is 15.0. The second-order valence-corrected chi connectivity index (χ2v) is 6.57. The van der Waals surface area contributed by atoms with E-state index in [0.717, 1.165) is 29.7 Å². The summed E-state index contributed by atoms with van der Waals surface area (Å²) in [5, 5.41) is 4.43. The maximum absolute atomic E-state index is 6.36. The summed E-state index contributed by atoms with van der Waals surface area (Å²) < 4.78 is 3.08. The standard InChI is InChI=1S/C15H29BrN4/c1-4-5-6-7-8-9-14(17)15-13(16)12-18-20(15)11-10-19(2)3/h12,14H,4-11,17H2,1-3H3. The second kappa shape index (κ2) is 9.53. The van der Waals surface area contributed by atoms with Gasteiger partial charge in [0, 0.05) is 12.6 Å². The van der Waals surface area contributed by atoms with Crippen LogP contribution in [-0.2, 0) is 6.54 Å². The molecule has 2 N–H and O–H groups in total. The molecule has 1 atom stereocenters. The molecule has 1 aromatic heterocycles. The third kappa shape index (κ3) is 5.94. The lowest BCUT2D eigenvalue weighted by molar-refractivity contribution is 0.364. The van der Waals surface area contributed by atoms with E-state index < -0.39 is 0 Å². The molecule has 0 fully saturated rings. The highest BCUT2D eigenvalue weighted by Gasteiger charge is 2.16. The Hall–Kier alpha value is -0.390. The van der Waals surface area contributed by atoms with E-state index in [9.17, 15) is 0 Å². The van der Waals surface area contributed by atoms with Gasteiger partial charge in [0.1, 0.15) is 0 Å². The van der Waals surface area contributed by atoms with Gasteiger partial charge in [0.2, 0.25) is 0 Å². The number of halogens is 1. The highest BCUT2D eigenvalue weighted by Crippen LogP contribution is 2.25. The van der Waals surface area contributed by atoms with Crippen LogP contribution in [0.25, 0.3) is 0 Å². The Morgan fingerprint density at radius 2 is 2.00 bits per heavy atom. The van der Waals surface area contributed by atoms with E-state index in [2.05, 4.69) is 46.9 Å². The zero-order valence-corrected chi connectivity index (χ0v) is 14.7. The van der Waals surface area contributed by atoms with Crippen molar-refractivity contribution in [3.63, 3.8) is 0 Å². The van der Waals surface area contributed by atoms with Gasteiger partial charge in [-0.1, -0.05) is 39.0 Å². The van der Waals surface area contributed by atoms with Crippen molar-refractivity contribution in [2.75, 3.05) is 20.6 Å². The SMILES string of the molecule is CCCCCCCC(N)c1c(Br)cnn1CCN(C)C. The highest BCUT2D eigenvalue weighted by molar-refractivity contribution is 9.10. The quantitative estimate of drug-likeness (QED) is 0.660. The zero-order valence-electron chi connectivity index (χ0n) is 13.1. The molecule has 4 nitrogen and oxygen atoms in total. The molecule has 0 saturated heterocycles. The molecule has 20 heavy (non-hydrogen) atoms. The molecule has 0 aliphatic heterocycles. The topological polar surface area (TPSA) is 47.1 Å². The maximum atomic E-state index is 6.36. The lowest BCUT2D eigenvalue weighted by atomic mass is 10.0. The minimum absolute atomic E-state index is 0.0793. The number of unbranched alkanes of at least 4 members (excludes halogenated alkanes) is 4. The molecular weight excluding hydrogens is 316 g/mol. The first-order valence-corrected chi connectivity index (χ1v) is 8.47. The monoisotopic (exact) mass is 344 g/mol. The molecule has 0 saturated carbocycles. The van der Waals surface area contributed by atoms with Crippen molar-refractivity contribution >= 4 is 15.9 Å². The summed E-state index contributed by atoms with van der Waals surface area (Å²) in [5.74, 6) is 0. The molecule has 0 aliphatic carbocycles. The van der Waals surface area contributed by atoms with Crippen molar-refractivity contribution in [2.24, 2.45) is 5.73 Å². The van der Waals surface area contributed by atoms with Crippen LogP contribution in [0.4, 0.5) is 0 Å². The van der Waals surface area contributed by atoms with Crippen molar-refractivity contribution in [3.8, 4) is 0 Å². The first kappa shape index (κ1) is 17.7. The van der Waals surface area contributed by atoms with Gasteiger partial charge >= 0.3 is 0 Å². The average Bonchev–Trinajstić information content (AvgIpc) is 2.77. The minimum atomic E-state index is 0.0793.